The van der Waals surface area contributed by atoms with Crippen molar-refractivity contribution in [3.63, 3.8) is 0 Å². The average molecular weight is 303 g/mol. The maximum atomic E-state index is 12.3. The molecular weight excluding hydrogens is 290 g/mol. The predicted octanol–water partition coefficient (Wildman–Crippen LogP) is -0.282. The molecule has 0 spiro atoms. The zero-order chi connectivity index (χ0) is 15.3. The van der Waals surface area contributed by atoms with Crippen molar-refractivity contribution in [2.45, 2.75) is 20.8 Å². The highest BCUT2D eigenvalue weighted by Crippen LogP contribution is 2.12. The van der Waals surface area contributed by atoms with Crippen LogP contribution in [0.25, 0.3) is 11.0 Å². The molecule has 0 radical (unpaired) electrons. The summed E-state index contributed by atoms with van der Waals surface area (Å²) >= 11 is 1.15. The van der Waals surface area contributed by atoms with Crippen LogP contribution in [0.1, 0.15) is 22.6 Å². The van der Waals surface area contributed by atoms with Crippen LogP contribution in [0, 0.1) is 20.8 Å². The van der Waals surface area contributed by atoms with E-state index in [0.29, 0.717) is 9.49 Å². The summed E-state index contributed by atoms with van der Waals surface area (Å²) in [6.07, 6.45) is 1.78. The number of rotatable bonds is 1. The normalized spacial score (nSPS) is 12.5. The number of thiazole rings is 1. The molecule has 0 atom stereocenters. The first-order valence-corrected chi connectivity index (χ1v) is 7.12. The highest BCUT2D eigenvalue weighted by Gasteiger charge is 2.11. The van der Waals surface area contributed by atoms with Crippen molar-refractivity contribution < 1.29 is 0 Å². The zero-order valence-electron chi connectivity index (χ0n) is 12.0. The molecule has 0 aliphatic heterocycles. The minimum absolute atomic E-state index is 0.211. The third-order valence-corrected chi connectivity index (χ3v) is 4.34. The molecule has 3 aromatic rings. The summed E-state index contributed by atoms with van der Waals surface area (Å²) in [6, 6.07) is 0. The molecule has 0 fully saturated rings. The Morgan fingerprint density at radius 3 is 2.43 bits per heavy atom. The molecule has 3 aromatic heterocycles. The summed E-state index contributed by atoms with van der Waals surface area (Å²) in [5.41, 5.74) is 2.25. The summed E-state index contributed by atoms with van der Waals surface area (Å²) in [6.45, 7) is 5.37. The highest BCUT2D eigenvalue weighted by atomic mass is 32.1. The summed E-state index contributed by atoms with van der Waals surface area (Å²) in [4.78, 5) is 28.0. The monoisotopic (exact) mass is 303 g/mol. The lowest BCUT2D eigenvalue weighted by Gasteiger charge is -1.92. The molecule has 0 unspecified atom stereocenters. The van der Waals surface area contributed by atoms with Crippen LogP contribution < -0.4 is 15.7 Å². The van der Waals surface area contributed by atoms with Crippen molar-refractivity contribution in [2.75, 3.05) is 0 Å². The molecule has 3 rings (SSSR count). The van der Waals surface area contributed by atoms with Crippen molar-refractivity contribution in [1.82, 2.24) is 24.4 Å². The van der Waals surface area contributed by atoms with E-state index in [1.807, 2.05) is 20.9 Å². The molecule has 0 saturated carbocycles. The quantitative estimate of drug-likeness (QED) is 0.617. The SMILES string of the molecule is Cc1nn(C)c(C)c1C=c1sc2nc(=O)c(C)nn2c1=O. The van der Waals surface area contributed by atoms with Gasteiger partial charge in [-0.25, -0.2) is 0 Å². The summed E-state index contributed by atoms with van der Waals surface area (Å²) < 4.78 is 3.43. The molecule has 0 N–H and O–H groups in total. The van der Waals surface area contributed by atoms with Gasteiger partial charge in [-0.3, -0.25) is 14.3 Å². The fourth-order valence-corrected chi connectivity index (χ4v) is 3.00. The number of hydrogen-bond acceptors (Lipinski definition) is 6. The first-order chi connectivity index (χ1) is 9.88. The van der Waals surface area contributed by atoms with Gasteiger partial charge >= 0.3 is 0 Å². The van der Waals surface area contributed by atoms with Crippen molar-refractivity contribution in [3.05, 3.63) is 47.9 Å². The van der Waals surface area contributed by atoms with Gasteiger partial charge in [0.1, 0.15) is 5.69 Å². The molecule has 3 heterocycles. The molecule has 21 heavy (non-hydrogen) atoms. The standard InChI is InChI=1S/C13H13N5O2S/c1-6-9(8(3)17(4)15-6)5-10-12(20)18-13(21-10)14-11(19)7(2)16-18/h5H,1-4H3. The second-order valence-electron chi connectivity index (χ2n) is 4.82. The summed E-state index contributed by atoms with van der Waals surface area (Å²) in [7, 11) is 1.85. The van der Waals surface area contributed by atoms with Crippen LogP contribution in [0.5, 0.6) is 0 Å². The van der Waals surface area contributed by atoms with E-state index in [2.05, 4.69) is 15.2 Å². The molecule has 7 nitrogen and oxygen atoms in total. The van der Waals surface area contributed by atoms with E-state index in [-0.39, 0.29) is 11.3 Å². The van der Waals surface area contributed by atoms with Crippen molar-refractivity contribution in [3.8, 4) is 0 Å². The maximum absolute atomic E-state index is 12.3. The Morgan fingerprint density at radius 1 is 1.10 bits per heavy atom. The smallest absolute Gasteiger partial charge is 0.272 e. The van der Waals surface area contributed by atoms with Gasteiger partial charge in [0.05, 0.1) is 10.2 Å². The lowest BCUT2D eigenvalue weighted by molar-refractivity contribution is 0.731. The minimum atomic E-state index is -0.406. The summed E-state index contributed by atoms with van der Waals surface area (Å²) in [5.74, 6) is 0. The molecule has 108 valence electrons. The Balaban J connectivity index is 2.35. The summed E-state index contributed by atoms with van der Waals surface area (Å²) in [5, 5.41) is 8.30. The van der Waals surface area contributed by atoms with E-state index in [4.69, 9.17) is 0 Å². The van der Waals surface area contributed by atoms with E-state index < -0.39 is 5.56 Å². The number of nitrogens with zero attached hydrogens (tertiary/aromatic N) is 5. The second-order valence-corrected chi connectivity index (χ2v) is 5.83. The van der Waals surface area contributed by atoms with E-state index in [1.165, 1.54) is 11.4 Å². The number of aromatic nitrogens is 5. The Kier molecular flexibility index (Phi) is 2.98. The third-order valence-electron chi connectivity index (χ3n) is 3.38. The van der Waals surface area contributed by atoms with Gasteiger partial charge in [0.15, 0.2) is 0 Å². The minimum Gasteiger partial charge on any atom is -0.272 e. The second kappa shape index (κ2) is 4.59. The Morgan fingerprint density at radius 2 is 1.81 bits per heavy atom. The third kappa shape index (κ3) is 2.07. The van der Waals surface area contributed by atoms with Gasteiger partial charge in [0.2, 0.25) is 4.96 Å². The van der Waals surface area contributed by atoms with Crippen LogP contribution >= 0.6 is 11.3 Å². The van der Waals surface area contributed by atoms with Gasteiger partial charge in [-0.1, -0.05) is 11.3 Å². The van der Waals surface area contributed by atoms with E-state index in [0.717, 1.165) is 28.3 Å². The molecule has 0 saturated heterocycles. The van der Waals surface area contributed by atoms with Crippen LogP contribution in [0.3, 0.4) is 0 Å². The fraction of sp³-hybridized carbons (Fsp3) is 0.308. The lowest BCUT2D eigenvalue weighted by Crippen LogP contribution is -2.27. The van der Waals surface area contributed by atoms with Crippen LogP contribution in [0.4, 0.5) is 0 Å². The average Bonchev–Trinajstić information content (AvgIpc) is 2.84. The molecule has 0 aliphatic carbocycles. The van der Waals surface area contributed by atoms with Gasteiger partial charge in [-0.15, -0.1) is 0 Å². The highest BCUT2D eigenvalue weighted by molar-refractivity contribution is 7.15. The number of fused-ring (bicyclic) bond motifs is 1. The van der Waals surface area contributed by atoms with Gasteiger partial charge in [-0.2, -0.15) is 19.7 Å². The topological polar surface area (TPSA) is 82.2 Å². The number of aryl methyl sites for hydroxylation is 3. The van der Waals surface area contributed by atoms with Crippen LogP contribution in [-0.2, 0) is 7.05 Å². The molecule has 8 heteroatoms. The van der Waals surface area contributed by atoms with Crippen molar-refractivity contribution >= 4 is 22.4 Å². The van der Waals surface area contributed by atoms with Gasteiger partial charge < -0.3 is 0 Å². The molecule has 0 bridgehead atoms. The molecular formula is C13H13N5O2S. The van der Waals surface area contributed by atoms with Gasteiger partial charge in [0.25, 0.3) is 11.1 Å². The van der Waals surface area contributed by atoms with Crippen LogP contribution in [0.2, 0.25) is 0 Å². The fourth-order valence-electron chi connectivity index (χ4n) is 2.12. The Labute approximate surface area is 123 Å². The molecule has 0 aromatic carbocycles. The number of hydrogen-bond donors (Lipinski definition) is 0. The van der Waals surface area contributed by atoms with Crippen molar-refractivity contribution in [1.29, 1.82) is 0 Å². The Hall–Kier alpha value is -2.35. The molecule has 0 amide bonds. The van der Waals surface area contributed by atoms with Crippen LogP contribution in [-0.4, -0.2) is 24.4 Å². The first kappa shape index (κ1) is 13.6. The largest absolute Gasteiger partial charge is 0.295 e. The van der Waals surface area contributed by atoms with Crippen molar-refractivity contribution in [2.24, 2.45) is 7.05 Å². The predicted molar refractivity (Wildman–Crippen MR) is 79.6 cm³/mol. The maximum Gasteiger partial charge on any atom is 0.295 e. The Bertz CT molecular complexity index is 1030. The lowest BCUT2D eigenvalue weighted by atomic mass is 10.2. The van der Waals surface area contributed by atoms with E-state index in [9.17, 15) is 9.59 Å². The van der Waals surface area contributed by atoms with Gasteiger partial charge in [0, 0.05) is 18.3 Å². The zero-order valence-corrected chi connectivity index (χ0v) is 12.9. The first-order valence-electron chi connectivity index (χ1n) is 6.31. The van der Waals surface area contributed by atoms with Gasteiger partial charge in [-0.05, 0) is 26.8 Å². The van der Waals surface area contributed by atoms with E-state index in [1.54, 1.807) is 10.8 Å². The molecule has 0 aliphatic rings. The van der Waals surface area contributed by atoms with E-state index >= 15 is 0 Å². The van der Waals surface area contributed by atoms with Crippen LogP contribution in [0.15, 0.2) is 9.59 Å².